The van der Waals surface area contributed by atoms with E-state index in [0.717, 1.165) is 6.08 Å². The highest BCUT2D eigenvalue weighted by Gasteiger charge is 2.22. The number of carbonyl (C=O) groups is 3. The fraction of sp³-hybridized carbons (Fsp3) is 0.227. The lowest BCUT2D eigenvalue weighted by Crippen LogP contribution is -2.25. The Labute approximate surface area is 179 Å². The molecule has 0 spiro atoms. The second-order valence-corrected chi connectivity index (χ2v) is 6.58. The molecule has 7 nitrogen and oxygen atoms in total. The molecule has 8 heteroatoms. The molecule has 0 aliphatic heterocycles. The number of rotatable bonds is 11. The Kier molecular flexibility index (Phi) is 9.27. The maximum Gasteiger partial charge on any atom is 0.339 e. The van der Waals surface area contributed by atoms with E-state index in [2.05, 4.69) is 19.2 Å². The first-order chi connectivity index (χ1) is 14.4. The highest BCUT2D eigenvalue weighted by Crippen LogP contribution is 2.23. The minimum atomic E-state index is -1.09. The number of carbonyl (C=O) groups excluding carboxylic acids is 3. The summed E-state index contributed by atoms with van der Waals surface area (Å²) in [6, 6.07) is 13.2. The van der Waals surface area contributed by atoms with Crippen LogP contribution in [0.3, 0.4) is 0 Å². The predicted molar refractivity (Wildman–Crippen MR) is 112 cm³/mol. The Hall–Kier alpha value is -2.94. The number of benzene rings is 2. The molecule has 0 aliphatic rings. The second-order valence-electron chi connectivity index (χ2n) is 6.09. The van der Waals surface area contributed by atoms with Gasteiger partial charge in [0.05, 0.1) is 24.3 Å². The van der Waals surface area contributed by atoms with Gasteiger partial charge >= 0.3 is 11.9 Å². The molecule has 1 N–H and O–H groups in total. The van der Waals surface area contributed by atoms with E-state index in [-0.39, 0.29) is 43.3 Å². The van der Waals surface area contributed by atoms with Crippen LogP contribution in [0.5, 0.6) is 0 Å². The molecule has 0 saturated carbocycles. The van der Waals surface area contributed by atoms with Crippen LogP contribution >= 0.6 is 12.6 Å². The van der Waals surface area contributed by atoms with Gasteiger partial charge in [-0.1, -0.05) is 43.0 Å². The lowest BCUT2D eigenvalue weighted by Gasteiger charge is -2.14. The molecule has 0 fully saturated rings. The smallest absolute Gasteiger partial charge is 0.339 e. The highest BCUT2D eigenvalue weighted by molar-refractivity contribution is 7.80. The third-order valence-corrected chi connectivity index (χ3v) is 4.25. The SMILES string of the molecule is C=CC(=O)OCCOCC(O)COC(=O)c1cccc(S)c1C(=O)c1ccccc1. The zero-order valence-electron chi connectivity index (χ0n) is 16.2. The first-order valence-corrected chi connectivity index (χ1v) is 9.52. The van der Waals surface area contributed by atoms with Crippen LogP contribution in [0.25, 0.3) is 0 Å². The van der Waals surface area contributed by atoms with Crippen LogP contribution in [-0.2, 0) is 19.0 Å². The van der Waals surface area contributed by atoms with Crippen LogP contribution in [0.15, 0.2) is 66.1 Å². The summed E-state index contributed by atoms with van der Waals surface area (Å²) in [5, 5.41) is 9.90. The first kappa shape index (κ1) is 23.3. The van der Waals surface area contributed by atoms with Crippen molar-refractivity contribution in [1.29, 1.82) is 0 Å². The summed E-state index contributed by atoms with van der Waals surface area (Å²) < 4.78 is 15.0. The molecule has 0 aromatic heterocycles. The Morgan fingerprint density at radius 1 is 1.00 bits per heavy atom. The maximum atomic E-state index is 12.8. The van der Waals surface area contributed by atoms with Gasteiger partial charge in [0.15, 0.2) is 5.78 Å². The average Bonchev–Trinajstić information content (AvgIpc) is 2.76. The van der Waals surface area contributed by atoms with Crippen LogP contribution < -0.4 is 0 Å². The van der Waals surface area contributed by atoms with Crippen molar-refractivity contribution in [2.45, 2.75) is 11.0 Å². The van der Waals surface area contributed by atoms with Crippen LogP contribution in [-0.4, -0.2) is 55.4 Å². The van der Waals surface area contributed by atoms with Crippen molar-refractivity contribution in [3.8, 4) is 0 Å². The molecule has 0 radical (unpaired) electrons. The topological polar surface area (TPSA) is 99.1 Å². The molecule has 1 unspecified atom stereocenters. The monoisotopic (exact) mass is 430 g/mol. The molecule has 0 aliphatic carbocycles. The van der Waals surface area contributed by atoms with Crippen LogP contribution in [0, 0.1) is 0 Å². The summed E-state index contributed by atoms with van der Waals surface area (Å²) in [5.74, 6) is -1.68. The molecule has 0 bridgehead atoms. The third-order valence-electron chi connectivity index (χ3n) is 3.88. The molecule has 0 heterocycles. The number of hydrogen-bond acceptors (Lipinski definition) is 8. The van der Waals surface area contributed by atoms with Crippen molar-refractivity contribution < 1.29 is 33.7 Å². The van der Waals surface area contributed by atoms with Gasteiger partial charge in [-0.2, -0.15) is 0 Å². The Bertz CT molecular complexity index is 896. The largest absolute Gasteiger partial charge is 0.460 e. The van der Waals surface area contributed by atoms with Crippen molar-refractivity contribution in [2.24, 2.45) is 0 Å². The van der Waals surface area contributed by atoms with E-state index in [0.29, 0.717) is 10.5 Å². The fourth-order valence-electron chi connectivity index (χ4n) is 2.46. The van der Waals surface area contributed by atoms with Gasteiger partial charge in [-0.3, -0.25) is 4.79 Å². The summed E-state index contributed by atoms with van der Waals surface area (Å²) in [6.07, 6.45) is -0.0539. The minimum absolute atomic E-state index is 0.0110. The molecular weight excluding hydrogens is 408 g/mol. The Morgan fingerprint density at radius 3 is 2.43 bits per heavy atom. The predicted octanol–water partition coefficient (Wildman–Crippen LogP) is 2.47. The van der Waals surface area contributed by atoms with Crippen molar-refractivity contribution in [1.82, 2.24) is 0 Å². The molecule has 0 amide bonds. The van der Waals surface area contributed by atoms with E-state index < -0.39 is 18.0 Å². The normalized spacial score (nSPS) is 11.4. The number of aliphatic hydroxyl groups is 1. The van der Waals surface area contributed by atoms with Crippen LogP contribution in [0.1, 0.15) is 26.3 Å². The zero-order valence-corrected chi connectivity index (χ0v) is 17.0. The lowest BCUT2D eigenvalue weighted by molar-refractivity contribution is -0.139. The number of esters is 2. The van der Waals surface area contributed by atoms with E-state index in [1.807, 2.05) is 0 Å². The Balaban J connectivity index is 1.93. The molecular formula is C22H22O7S. The van der Waals surface area contributed by atoms with Gasteiger partial charge in [0.1, 0.15) is 19.3 Å². The first-order valence-electron chi connectivity index (χ1n) is 9.08. The number of aliphatic hydroxyl groups excluding tert-OH is 1. The van der Waals surface area contributed by atoms with E-state index in [1.54, 1.807) is 42.5 Å². The van der Waals surface area contributed by atoms with E-state index in [4.69, 9.17) is 14.2 Å². The zero-order chi connectivity index (χ0) is 21.9. The third kappa shape index (κ3) is 6.84. The van der Waals surface area contributed by atoms with Crippen LogP contribution in [0.4, 0.5) is 0 Å². The summed E-state index contributed by atoms with van der Waals surface area (Å²) in [7, 11) is 0. The van der Waals surface area contributed by atoms with Gasteiger partial charge in [-0.05, 0) is 12.1 Å². The van der Waals surface area contributed by atoms with Gasteiger partial charge in [0.2, 0.25) is 0 Å². The van der Waals surface area contributed by atoms with E-state index in [1.165, 1.54) is 6.07 Å². The van der Waals surface area contributed by atoms with E-state index >= 15 is 0 Å². The number of thiol groups is 1. The lowest BCUT2D eigenvalue weighted by atomic mass is 9.98. The molecule has 0 saturated heterocycles. The minimum Gasteiger partial charge on any atom is -0.460 e. The molecule has 30 heavy (non-hydrogen) atoms. The average molecular weight is 430 g/mol. The number of hydrogen-bond donors (Lipinski definition) is 2. The summed E-state index contributed by atoms with van der Waals surface area (Å²) in [6.45, 7) is 2.89. The quantitative estimate of drug-likeness (QED) is 0.186. The molecule has 2 aromatic carbocycles. The fourth-order valence-corrected chi connectivity index (χ4v) is 2.77. The molecule has 2 aromatic rings. The van der Waals surface area contributed by atoms with Gasteiger partial charge in [-0.15, -0.1) is 12.6 Å². The molecule has 1 atom stereocenters. The van der Waals surface area contributed by atoms with Gasteiger partial charge in [0, 0.05) is 16.5 Å². The molecule has 158 valence electrons. The maximum absolute atomic E-state index is 12.8. The highest BCUT2D eigenvalue weighted by atomic mass is 32.1. The standard InChI is InChI=1S/C22H22O7S/c1-2-19(24)28-12-11-27-13-16(23)14-29-22(26)17-9-6-10-18(30)20(17)21(25)15-7-4-3-5-8-15/h2-10,16,23,30H,1,11-14H2. The van der Waals surface area contributed by atoms with Crippen molar-refractivity contribution in [2.75, 3.05) is 26.4 Å². The molecule has 2 rings (SSSR count). The van der Waals surface area contributed by atoms with Crippen LogP contribution in [0.2, 0.25) is 0 Å². The van der Waals surface area contributed by atoms with E-state index in [9.17, 15) is 19.5 Å². The van der Waals surface area contributed by atoms with Crippen molar-refractivity contribution in [3.05, 3.63) is 77.9 Å². The van der Waals surface area contributed by atoms with Crippen molar-refractivity contribution >= 4 is 30.4 Å². The second kappa shape index (κ2) is 11.9. The van der Waals surface area contributed by atoms with Gasteiger partial charge in [-0.25, -0.2) is 9.59 Å². The summed E-state index contributed by atoms with van der Waals surface area (Å²) in [4.78, 5) is 36.6. The number of ether oxygens (including phenoxy) is 3. The van der Waals surface area contributed by atoms with Gasteiger partial charge < -0.3 is 19.3 Å². The van der Waals surface area contributed by atoms with Crippen molar-refractivity contribution in [3.63, 3.8) is 0 Å². The summed E-state index contributed by atoms with van der Waals surface area (Å²) >= 11 is 4.31. The Morgan fingerprint density at radius 2 is 1.73 bits per heavy atom. The van der Waals surface area contributed by atoms with Gasteiger partial charge in [0.25, 0.3) is 0 Å². The number of ketones is 1. The summed E-state index contributed by atoms with van der Waals surface area (Å²) in [5.41, 5.74) is 0.603.